The summed E-state index contributed by atoms with van der Waals surface area (Å²) in [7, 11) is 0. The van der Waals surface area contributed by atoms with Gasteiger partial charge in [-0.25, -0.2) is 4.98 Å². The van der Waals surface area contributed by atoms with E-state index in [-0.39, 0.29) is 11.2 Å². The van der Waals surface area contributed by atoms with Crippen molar-refractivity contribution in [3.8, 4) is 0 Å². The van der Waals surface area contributed by atoms with Gasteiger partial charge in [-0.15, -0.1) is 11.3 Å². The second-order valence-corrected chi connectivity index (χ2v) is 6.64. The minimum atomic E-state index is -0.0704. The van der Waals surface area contributed by atoms with Crippen molar-refractivity contribution in [1.29, 1.82) is 0 Å². The van der Waals surface area contributed by atoms with E-state index in [2.05, 4.69) is 39.5 Å². The molecule has 1 heterocycles. The molecule has 0 radical (unpaired) electrons. The minimum absolute atomic E-state index is 0.0704. The fraction of sp³-hybridized carbons (Fsp3) is 0.714. The van der Waals surface area contributed by atoms with Crippen LogP contribution < -0.4 is 0 Å². The summed E-state index contributed by atoms with van der Waals surface area (Å²) in [4.78, 5) is 19.5. The van der Waals surface area contributed by atoms with Crippen molar-refractivity contribution in [1.82, 2.24) is 9.88 Å². The smallest absolute Gasteiger partial charge is 0.171 e. The largest absolute Gasteiger partial charge is 0.297 e. The Balaban J connectivity index is 3.07. The Morgan fingerprint density at radius 1 is 1.28 bits per heavy atom. The molecule has 0 unspecified atom stereocenters. The highest BCUT2D eigenvalue weighted by molar-refractivity contribution is 7.13. The van der Waals surface area contributed by atoms with Crippen molar-refractivity contribution in [3.63, 3.8) is 0 Å². The predicted octanol–water partition coefficient (Wildman–Crippen LogP) is 3.49. The van der Waals surface area contributed by atoms with Crippen molar-refractivity contribution < 1.29 is 4.79 Å². The number of hydrogen-bond acceptors (Lipinski definition) is 4. The lowest BCUT2D eigenvalue weighted by molar-refractivity contribution is 0.101. The Bertz CT molecular complexity index is 414. The number of ketones is 1. The Kier molecular flexibility index (Phi) is 5.05. The highest BCUT2D eigenvalue weighted by Gasteiger charge is 2.25. The second kappa shape index (κ2) is 5.93. The topological polar surface area (TPSA) is 33.2 Å². The van der Waals surface area contributed by atoms with Gasteiger partial charge in [0, 0.05) is 12.3 Å². The summed E-state index contributed by atoms with van der Waals surface area (Å²) in [6.45, 7) is 15.1. The highest BCUT2D eigenvalue weighted by atomic mass is 32.1. The second-order valence-electron chi connectivity index (χ2n) is 5.55. The molecule has 0 N–H and O–H groups in total. The number of Topliss-reactive ketones (excluding diaryl/α,β-unsaturated/α-hetero) is 1. The average molecular weight is 268 g/mol. The Labute approximate surface area is 114 Å². The third kappa shape index (κ3) is 3.62. The van der Waals surface area contributed by atoms with E-state index in [1.807, 2.05) is 0 Å². The summed E-state index contributed by atoms with van der Waals surface area (Å²) in [5.74, 6) is 0.128. The normalized spacial score (nSPS) is 12.2. The van der Waals surface area contributed by atoms with Crippen LogP contribution in [0.15, 0.2) is 0 Å². The Morgan fingerprint density at radius 2 is 1.83 bits per heavy atom. The number of carbonyl (C=O) groups excluding carboxylic acids is 1. The molecule has 0 saturated carbocycles. The maximum atomic E-state index is 11.7. The van der Waals surface area contributed by atoms with Gasteiger partial charge >= 0.3 is 0 Å². The molecule has 0 atom stereocenters. The van der Waals surface area contributed by atoms with E-state index in [0.29, 0.717) is 0 Å². The predicted molar refractivity (Wildman–Crippen MR) is 77.4 cm³/mol. The van der Waals surface area contributed by atoms with Gasteiger partial charge in [-0.05, 0) is 13.1 Å². The van der Waals surface area contributed by atoms with Crippen molar-refractivity contribution in [2.45, 2.75) is 53.5 Å². The van der Waals surface area contributed by atoms with Crippen LogP contribution >= 0.6 is 11.3 Å². The number of thiazole rings is 1. The third-order valence-electron chi connectivity index (χ3n) is 2.95. The van der Waals surface area contributed by atoms with E-state index < -0.39 is 0 Å². The summed E-state index contributed by atoms with van der Waals surface area (Å²) >= 11 is 1.55. The van der Waals surface area contributed by atoms with Crippen molar-refractivity contribution >= 4 is 17.1 Å². The van der Waals surface area contributed by atoms with Crippen LogP contribution in [0.3, 0.4) is 0 Å². The summed E-state index contributed by atoms with van der Waals surface area (Å²) in [6, 6.07) is 0. The van der Waals surface area contributed by atoms with Crippen LogP contribution in [0.25, 0.3) is 0 Å². The monoisotopic (exact) mass is 268 g/mol. The molecule has 1 rings (SSSR count). The van der Waals surface area contributed by atoms with Gasteiger partial charge in [-0.1, -0.05) is 34.6 Å². The lowest BCUT2D eigenvalue weighted by Crippen LogP contribution is -2.22. The zero-order valence-corrected chi connectivity index (χ0v) is 13.1. The molecule has 4 heteroatoms. The zero-order chi connectivity index (χ0) is 13.9. The number of hydrogen-bond donors (Lipinski definition) is 0. The van der Waals surface area contributed by atoms with E-state index in [9.17, 15) is 4.79 Å². The van der Waals surface area contributed by atoms with Crippen LogP contribution in [0.2, 0.25) is 0 Å². The van der Waals surface area contributed by atoms with E-state index in [1.54, 1.807) is 18.3 Å². The van der Waals surface area contributed by atoms with E-state index >= 15 is 0 Å². The molecule has 0 fully saturated rings. The molecular formula is C14H24N2OS. The average Bonchev–Trinajstić information content (AvgIpc) is 2.69. The fourth-order valence-corrected chi connectivity index (χ4v) is 3.03. The quantitative estimate of drug-likeness (QED) is 0.766. The molecule has 18 heavy (non-hydrogen) atoms. The first-order valence-electron chi connectivity index (χ1n) is 6.53. The van der Waals surface area contributed by atoms with Crippen LogP contribution in [-0.2, 0) is 12.0 Å². The molecule has 102 valence electrons. The Morgan fingerprint density at radius 3 is 2.17 bits per heavy atom. The molecule has 0 spiro atoms. The molecule has 0 aromatic carbocycles. The van der Waals surface area contributed by atoms with E-state index in [0.717, 1.165) is 35.2 Å². The molecule has 0 amide bonds. The van der Waals surface area contributed by atoms with E-state index in [1.165, 1.54) is 0 Å². The van der Waals surface area contributed by atoms with Gasteiger partial charge < -0.3 is 0 Å². The van der Waals surface area contributed by atoms with Gasteiger partial charge in [0.25, 0.3) is 0 Å². The van der Waals surface area contributed by atoms with Gasteiger partial charge in [-0.2, -0.15) is 0 Å². The SMILES string of the molecule is CCN(CC)Cc1nc(C(C)(C)C)c(C(C)=O)s1. The van der Waals surface area contributed by atoms with Gasteiger partial charge in [0.2, 0.25) is 0 Å². The molecule has 0 aliphatic carbocycles. The van der Waals surface area contributed by atoms with Crippen LogP contribution in [0.4, 0.5) is 0 Å². The number of nitrogens with zero attached hydrogens (tertiary/aromatic N) is 2. The van der Waals surface area contributed by atoms with E-state index in [4.69, 9.17) is 4.98 Å². The maximum absolute atomic E-state index is 11.7. The molecular weight excluding hydrogens is 244 g/mol. The summed E-state index contributed by atoms with van der Waals surface area (Å²) in [5, 5.41) is 1.05. The van der Waals surface area contributed by atoms with Crippen molar-refractivity contribution in [2.75, 3.05) is 13.1 Å². The van der Waals surface area contributed by atoms with Gasteiger partial charge in [0.1, 0.15) is 5.01 Å². The highest BCUT2D eigenvalue weighted by Crippen LogP contribution is 2.30. The van der Waals surface area contributed by atoms with Gasteiger partial charge in [0.05, 0.1) is 17.1 Å². The minimum Gasteiger partial charge on any atom is -0.297 e. The molecule has 0 aliphatic heterocycles. The molecule has 0 aliphatic rings. The summed E-state index contributed by atoms with van der Waals surface area (Å²) in [6.07, 6.45) is 0. The lowest BCUT2D eigenvalue weighted by Gasteiger charge is -2.17. The standard InChI is InChI=1S/C14H24N2OS/c1-7-16(8-2)9-11-15-13(14(4,5)6)12(18-11)10(3)17/h7-9H2,1-6H3. The molecule has 1 aromatic rings. The third-order valence-corrected chi connectivity index (χ3v) is 4.10. The molecule has 1 aromatic heterocycles. The van der Waals surface area contributed by atoms with Crippen LogP contribution in [0.1, 0.15) is 61.9 Å². The number of carbonyl (C=O) groups is 1. The molecule has 3 nitrogen and oxygen atoms in total. The van der Waals surface area contributed by atoms with Crippen LogP contribution in [0, 0.1) is 0 Å². The zero-order valence-electron chi connectivity index (χ0n) is 12.3. The maximum Gasteiger partial charge on any atom is 0.171 e. The first-order valence-corrected chi connectivity index (χ1v) is 7.34. The number of rotatable bonds is 5. The van der Waals surface area contributed by atoms with Crippen LogP contribution in [0.5, 0.6) is 0 Å². The lowest BCUT2D eigenvalue weighted by atomic mass is 9.91. The van der Waals surface area contributed by atoms with Gasteiger partial charge in [0.15, 0.2) is 5.78 Å². The fourth-order valence-electron chi connectivity index (χ4n) is 1.82. The van der Waals surface area contributed by atoms with Crippen molar-refractivity contribution in [3.05, 3.63) is 15.6 Å². The van der Waals surface area contributed by atoms with Crippen LogP contribution in [-0.4, -0.2) is 28.8 Å². The molecule has 0 saturated heterocycles. The number of aromatic nitrogens is 1. The summed E-state index contributed by atoms with van der Waals surface area (Å²) < 4.78 is 0. The summed E-state index contributed by atoms with van der Waals surface area (Å²) in [5.41, 5.74) is 0.876. The van der Waals surface area contributed by atoms with Gasteiger partial charge in [-0.3, -0.25) is 9.69 Å². The van der Waals surface area contributed by atoms with Crippen molar-refractivity contribution in [2.24, 2.45) is 0 Å². The first kappa shape index (κ1) is 15.3. The Hall–Kier alpha value is -0.740. The molecule has 0 bridgehead atoms. The first-order chi connectivity index (χ1) is 8.29.